The number of carbonyl (C=O) groups is 3. The highest BCUT2D eigenvalue weighted by Gasteiger charge is 2.41. The maximum absolute atomic E-state index is 12.9. The number of para-hydroxylation sites is 1. The Labute approximate surface area is 201 Å². The number of amides is 2. The fourth-order valence-corrected chi connectivity index (χ4v) is 5.59. The molecule has 0 N–H and O–H groups in total. The Balaban J connectivity index is 1.34. The Kier molecular flexibility index (Phi) is 6.83. The molecule has 0 spiro atoms. The zero-order valence-electron chi connectivity index (χ0n) is 17.5. The van der Waals surface area contributed by atoms with Crippen LogP contribution in [0.4, 0.5) is 11.4 Å². The molecule has 2 aliphatic heterocycles. The normalized spacial score (nSPS) is 18.9. The fraction of sp³-hybridized carbons (Fsp3) is 0.304. The minimum Gasteiger partial charge on any atom is -0.368 e. The van der Waals surface area contributed by atoms with Gasteiger partial charge in [0.05, 0.1) is 10.7 Å². The Morgan fingerprint density at radius 2 is 1.69 bits per heavy atom. The highest BCUT2D eigenvalue weighted by Crippen LogP contribution is 2.34. The van der Waals surface area contributed by atoms with Gasteiger partial charge in [0, 0.05) is 43.9 Å². The summed E-state index contributed by atoms with van der Waals surface area (Å²) in [6.45, 7) is 4.57. The summed E-state index contributed by atoms with van der Waals surface area (Å²) >= 11 is 13.1. The molecule has 166 valence electrons. The minimum atomic E-state index is -0.538. The minimum absolute atomic E-state index is 0.0526. The van der Waals surface area contributed by atoms with E-state index in [4.69, 9.17) is 23.8 Å². The van der Waals surface area contributed by atoms with Crippen molar-refractivity contribution in [3.05, 3.63) is 59.1 Å². The van der Waals surface area contributed by atoms with Gasteiger partial charge in [-0.2, -0.15) is 0 Å². The second kappa shape index (κ2) is 9.60. The number of piperazine rings is 1. The first-order valence-corrected chi connectivity index (χ1v) is 11.9. The van der Waals surface area contributed by atoms with Crippen molar-refractivity contribution in [1.29, 1.82) is 0 Å². The van der Waals surface area contributed by atoms with Crippen LogP contribution in [0.1, 0.15) is 23.7 Å². The first-order chi connectivity index (χ1) is 15.3. The number of hydrogen-bond donors (Lipinski definition) is 0. The summed E-state index contributed by atoms with van der Waals surface area (Å²) in [5.74, 6) is -0.487. The van der Waals surface area contributed by atoms with Crippen LogP contribution in [0.5, 0.6) is 0 Å². The molecule has 4 rings (SSSR count). The van der Waals surface area contributed by atoms with Gasteiger partial charge in [0.15, 0.2) is 5.78 Å². The molecule has 2 saturated heterocycles. The number of halogens is 1. The number of thioether (sulfide) groups is 1. The maximum Gasteiger partial charge on any atom is 0.247 e. The molecule has 0 bridgehead atoms. The molecule has 2 aliphatic rings. The van der Waals surface area contributed by atoms with E-state index in [2.05, 4.69) is 9.80 Å². The fourth-order valence-electron chi connectivity index (χ4n) is 3.83. The SMILES string of the molecule is CC(=O)c1ccc(N2CCN(C(=S)SC3CC(=O)N(c4ccccc4Cl)C3=O)CC2)cc1. The number of ketones is 1. The van der Waals surface area contributed by atoms with Crippen LogP contribution < -0.4 is 9.80 Å². The maximum atomic E-state index is 12.9. The highest BCUT2D eigenvalue weighted by atomic mass is 35.5. The molecular weight excluding hydrogens is 466 g/mol. The Morgan fingerprint density at radius 1 is 1.03 bits per heavy atom. The van der Waals surface area contributed by atoms with Crippen molar-refractivity contribution >= 4 is 68.9 Å². The lowest BCUT2D eigenvalue weighted by Gasteiger charge is -2.37. The molecule has 6 nitrogen and oxygen atoms in total. The standard InChI is InChI=1S/C23H22ClN3O3S2/c1-15(28)16-6-8-17(9-7-16)25-10-12-26(13-11-25)23(31)32-20-14-21(29)27(22(20)30)19-5-3-2-4-18(19)24/h2-9,20H,10-14H2,1H3. The van der Waals surface area contributed by atoms with Crippen LogP contribution in [-0.4, -0.2) is 58.2 Å². The van der Waals surface area contributed by atoms with Gasteiger partial charge >= 0.3 is 0 Å². The molecule has 2 aromatic carbocycles. The van der Waals surface area contributed by atoms with Gasteiger partial charge in [-0.15, -0.1) is 0 Å². The van der Waals surface area contributed by atoms with Crippen molar-refractivity contribution < 1.29 is 14.4 Å². The molecule has 2 aromatic rings. The molecule has 2 fully saturated rings. The number of thiocarbonyl (C=S) groups is 1. The van der Waals surface area contributed by atoms with Gasteiger partial charge < -0.3 is 9.80 Å². The number of nitrogens with zero attached hydrogens (tertiary/aromatic N) is 3. The predicted octanol–water partition coefficient (Wildman–Crippen LogP) is 4.01. The average molecular weight is 488 g/mol. The molecule has 0 saturated carbocycles. The number of anilines is 2. The summed E-state index contributed by atoms with van der Waals surface area (Å²) in [5.41, 5.74) is 2.19. The summed E-state index contributed by atoms with van der Waals surface area (Å²) in [4.78, 5) is 42.4. The Hall–Kier alpha value is -2.42. The van der Waals surface area contributed by atoms with Crippen LogP contribution in [-0.2, 0) is 9.59 Å². The zero-order chi connectivity index (χ0) is 22.8. The van der Waals surface area contributed by atoms with E-state index in [1.165, 1.54) is 16.7 Å². The zero-order valence-corrected chi connectivity index (χ0v) is 19.9. The summed E-state index contributed by atoms with van der Waals surface area (Å²) in [6, 6.07) is 14.5. The number of Topliss-reactive ketones (excluding diaryl/α,β-unsaturated/α-hetero) is 1. The van der Waals surface area contributed by atoms with Crippen LogP contribution in [0.3, 0.4) is 0 Å². The summed E-state index contributed by atoms with van der Waals surface area (Å²) in [5, 5.41) is -0.168. The van der Waals surface area contributed by atoms with Crippen LogP contribution in [0.25, 0.3) is 0 Å². The largest absolute Gasteiger partial charge is 0.368 e. The van der Waals surface area contributed by atoms with Crippen molar-refractivity contribution in [2.75, 3.05) is 36.0 Å². The van der Waals surface area contributed by atoms with E-state index in [0.717, 1.165) is 31.9 Å². The number of benzene rings is 2. The van der Waals surface area contributed by atoms with Crippen LogP contribution in [0.15, 0.2) is 48.5 Å². The van der Waals surface area contributed by atoms with Gasteiger partial charge in [-0.3, -0.25) is 14.4 Å². The predicted molar refractivity (Wildman–Crippen MR) is 133 cm³/mol. The first-order valence-electron chi connectivity index (χ1n) is 10.3. The van der Waals surface area contributed by atoms with E-state index in [0.29, 0.717) is 20.6 Å². The van der Waals surface area contributed by atoms with E-state index in [9.17, 15) is 14.4 Å². The average Bonchev–Trinajstić information content (AvgIpc) is 3.07. The first kappa shape index (κ1) is 22.8. The monoisotopic (exact) mass is 487 g/mol. The van der Waals surface area contributed by atoms with Gasteiger partial charge in [0.2, 0.25) is 11.8 Å². The van der Waals surface area contributed by atoms with E-state index in [-0.39, 0.29) is 24.0 Å². The van der Waals surface area contributed by atoms with Gasteiger partial charge in [0.25, 0.3) is 0 Å². The summed E-state index contributed by atoms with van der Waals surface area (Å²) in [7, 11) is 0. The molecule has 1 unspecified atom stereocenters. The second-order valence-corrected chi connectivity index (χ2v) is 9.92. The third-order valence-corrected chi connectivity index (χ3v) is 7.60. The second-order valence-electron chi connectivity index (χ2n) is 7.67. The lowest BCUT2D eigenvalue weighted by atomic mass is 10.1. The number of imide groups is 1. The van der Waals surface area contributed by atoms with Crippen molar-refractivity contribution in [2.45, 2.75) is 18.6 Å². The number of rotatable bonds is 4. The lowest BCUT2D eigenvalue weighted by molar-refractivity contribution is -0.121. The molecule has 0 aromatic heterocycles. The van der Waals surface area contributed by atoms with Crippen LogP contribution in [0.2, 0.25) is 5.02 Å². The van der Waals surface area contributed by atoms with Crippen LogP contribution in [0, 0.1) is 0 Å². The quantitative estimate of drug-likeness (QED) is 0.367. The Bertz CT molecular complexity index is 1070. The van der Waals surface area contributed by atoms with Crippen molar-refractivity contribution in [3.8, 4) is 0 Å². The Morgan fingerprint density at radius 3 is 2.31 bits per heavy atom. The van der Waals surface area contributed by atoms with Crippen LogP contribution >= 0.6 is 35.6 Å². The summed E-state index contributed by atoms with van der Waals surface area (Å²) in [6.07, 6.45) is 0.108. The molecule has 0 aliphatic carbocycles. The molecule has 32 heavy (non-hydrogen) atoms. The van der Waals surface area contributed by atoms with Gasteiger partial charge in [-0.05, 0) is 43.3 Å². The smallest absolute Gasteiger partial charge is 0.247 e. The lowest BCUT2D eigenvalue weighted by Crippen LogP contribution is -2.48. The van der Waals surface area contributed by atoms with E-state index in [1.807, 2.05) is 24.3 Å². The number of carbonyl (C=O) groups excluding carboxylic acids is 3. The highest BCUT2D eigenvalue weighted by molar-refractivity contribution is 8.23. The molecule has 1 atom stereocenters. The van der Waals surface area contributed by atoms with E-state index >= 15 is 0 Å². The van der Waals surface area contributed by atoms with E-state index in [1.54, 1.807) is 31.2 Å². The van der Waals surface area contributed by atoms with Gasteiger partial charge in [-0.25, -0.2) is 4.90 Å². The number of hydrogen-bond acceptors (Lipinski definition) is 6. The van der Waals surface area contributed by atoms with Crippen molar-refractivity contribution in [2.24, 2.45) is 0 Å². The van der Waals surface area contributed by atoms with Crippen molar-refractivity contribution in [1.82, 2.24) is 4.90 Å². The molecule has 0 radical (unpaired) electrons. The molecular formula is C23H22ClN3O3S2. The van der Waals surface area contributed by atoms with Crippen molar-refractivity contribution in [3.63, 3.8) is 0 Å². The van der Waals surface area contributed by atoms with Gasteiger partial charge in [0.1, 0.15) is 9.57 Å². The molecule has 2 amide bonds. The molecule has 2 heterocycles. The summed E-state index contributed by atoms with van der Waals surface area (Å²) < 4.78 is 0.628. The third-order valence-electron chi connectivity index (χ3n) is 5.62. The van der Waals surface area contributed by atoms with E-state index < -0.39 is 5.25 Å². The third kappa shape index (κ3) is 4.67. The topological polar surface area (TPSA) is 60.9 Å². The molecule has 9 heteroatoms. The van der Waals surface area contributed by atoms with Gasteiger partial charge in [-0.1, -0.05) is 47.7 Å².